The summed E-state index contributed by atoms with van der Waals surface area (Å²) in [5.41, 5.74) is 1.04. The Morgan fingerprint density at radius 1 is 0.796 bits per heavy atom. The number of Topliss-reactive ketones (excluding diaryl/α,β-unsaturated/α-hetero) is 3. The van der Waals surface area contributed by atoms with Crippen LogP contribution in [0, 0.1) is 41.4 Å². The summed E-state index contributed by atoms with van der Waals surface area (Å²) < 4.78 is 40.9. The van der Waals surface area contributed by atoms with Gasteiger partial charge in [0.25, 0.3) is 11.7 Å². The number of piperidine rings is 1. The number of aliphatic hydroxyl groups is 8. The highest BCUT2D eigenvalue weighted by Gasteiger charge is 2.53. The summed E-state index contributed by atoms with van der Waals surface area (Å²) in [6.45, 7) is 14.4. The summed E-state index contributed by atoms with van der Waals surface area (Å²) in [6.07, 6.45) is 1.46. The minimum Gasteiger partial charge on any atom is -0.460 e. The molecule has 3 aliphatic heterocycles. The summed E-state index contributed by atoms with van der Waals surface area (Å²) in [4.78, 5) is 110. The molecule has 0 unspecified atom stereocenters. The van der Waals surface area contributed by atoms with E-state index in [1.165, 1.54) is 34.6 Å². The summed E-state index contributed by atoms with van der Waals surface area (Å²) in [5, 5.41) is 87.9. The van der Waals surface area contributed by atoms with E-state index in [2.05, 4.69) is 10.6 Å². The van der Waals surface area contributed by atoms with Crippen molar-refractivity contribution in [2.45, 2.75) is 237 Å². The van der Waals surface area contributed by atoms with Crippen LogP contribution in [0.5, 0.6) is 0 Å². The highest BCUT2D eigenvalue weighted by Crippen LogP contribution is 2.38. The first-order valence-electron chi connectivity index (χ1n) is 34.6. The number of allylic oxidation sites excluding steroid dienone is 6. The fourth-order valence-electron chi connectivity index (χ4n) is 12.7. The zero-order valence-electron chi connectivity index (χ0n) is 59.0. The van der Waals surface area contributed by atoms with E-state index in [0.29, 0.717) is 69.3 Å². The Kier molecular flexibility index (Phi) is 37.9. The Balaban J connectivity index is 1.34. The number of methoxy groups -OCH3 is 2. The molecule has 10 N–H and O–H groups in total. The molecule has 1 aliphatic carbocycles. The zero-order valence-corrected chi connectivity index (χ0v) is 60.7. The number of nitrogens with zero attached hydrogens (tertiary/aromatic N) is 1. The van der Waals surface area contributed by atoms with Crippen LogP contribution < -0.4 is 10.6 Å². The van der Waals surface area contributed by atoms with Gasteiger partial charge in [-0.2, -0.15) is 0 Å². The van der Waals surface area contributed by atoms with Gasteiger partial charge in [0.15, 0.2) is 5.78 Å². The number of carbonyl (C=O) groups is 8. The second-order valence-corrected chi connectivity index (χ2v) is 29.9. The van der Waals surface area contributed by atoms with E-state index >= 15 is 0 Å². The average Bonchev–Trinajstić information content (AvgIpc) is 0.777. The number of nitrogens with one attached hydrogen (secondary N) is 2. The van der Waals surface area contributed by atoms with Gasteiger partial charge >= 0.3 is 12.1 Å². The standard InChI is InChI=1S/C70H113N3O23S2/c1-40-17-13-12-14-18-41(2)56(90-10)35-50-23-21-47(8)70(89,96-50)65(84)67(86)73-26-16-15-19-51(73)68(87)95-57(36-52(75)43(4)32-46(7)61(80)64(83)60(79)45(6)31-40)44(5)33-49-22-24-55(58(34-49)91-11)92-27-28-93-69(88)94-29-30-97-98-39-48(9)72-66(85)42(3)20-25-59(78)71-37-53(76)62(81)63(82)54(77)38-74/h12-14,17-18,32,40,42-45,47-51,53-58,61-64,74,76-77,80-83,89H,15-16,19-31,33-39H2,1-11H3,(H,71,78)(H,72,85)/b14-12+,17-13+,41-18+,46-32+/t40-,42+,43-,44-,45-,47-,48-,49+,50+,51+,53+,54-,55-,56+,57+,58-,61-,62-,63-,64+,70-/m1/s1. The van der Waals surface area contributed by atoms with Gasteiger partial charge in [-0.15, -0.1) is 0 Å². The third-order valence-corrected chi connectivity index (χ3v) is 21.7. The average molecular weight is 1430 g/mol. The molecule has 0 aromatic heterocycles. The molecular weight excluding hydrogens is 1310 g/mol. The van der Waals surface area contributed by atoms with E-state index in [-0.39, 0.29) is 106 Å². The minimum atomic E-state index is -2.49. The molecule has 0 spiro atoms. The number of ketones is 3. The highest BCUT2D eigenvalue weighted by atomic mass is 33.1. The van der Waals surface area contributed by atoms with Crippen molar-refractivity contribution >= 4 is 68.8 Å². The molecule has 3 amide bonds. The molecule has 0 aromatic carbocycles. The molecule has 4 aliphatic rings. The molecule has 1 saturated carbocycles. The summed E-state index contributed by atoms with van der Waals surface area (Å²) in [5.74, 6) is -9.62. The van der Waals surface area contributed by atoms with Gasteiger partial charge in [0, 0.05) is 87.8 Å². The first-order chi connectivity index (χ1) is 46.4. The molecule has 3 fully saturated rings. The van der Waals surface area contributed by atoms with Crippen LogP contribution in [-0.4, -0.2) is 243 Å². The molecule has 0 aromatic rings. The molecular formula is C70H113N3O23S2. The zero-order chi connectivity index (χ0) is 73.0. The molecule has 3 heterocycles. The van der Waals surface area contributed by atoms with Crippen molar-refractivity contribution in [2.24, 2.45) is 41.4 Å². The summed E-state index contributed by atoms with van der Waals surface area (Å²) in [6, 6.07) is -1.46. The number of cyclic esters (lactones) is 1. The summed E-state index contributed by atoms with van der Waals surface area (Å²) in [7, 11) is 6.01. The number of amides is 3. The number of esters is 1. The van der Waals surface area contributed by atoms with Gasteiger partial charge in [0.05, 0.1) is 43.7 Å². The summed E-state index contributed by atoms with van der Waals surface area (Å²) >= 11 is 0. The number of carbonyl (C=O) groups excluding carboxylic acids is 8. The first kappa shape index (κ1) is 85.8. The predicted octanol–water partition coefficient (Wildman–Crippen LogP) is 4.56. The van der Waals surface area contributed by atoms with Gasteiger partial charge in [-0.3, -0.25) is 28.8 Å². The lowest BCUT2D eigenvalue weighted by molar-refractivity contribution is -0.265. The van der Waals surface area contributed by atoms with Crippen molar-refractivity contribution < 1.29 is 112 Å². The maximum absolute atomic E-state index is 14.7. The van der Waals surface area contributed by atoms with Gasteiger partial charge in [-0.25, -0.2) is 9.59 Å². The van der Waals surface area contributed by atoms with Crippen LogP contribution in [0.3, 0.4) is 0 Å². The number of ether oxygens (including phenoxy) is 7. The van der Waals surface area contributed by atoms with Gasteiger partial charge < -0.3 is 89.5 Å². The fourth-order valence-corrected chi connectivity index (χ4v) is 14.8. The van der Waals surface area contributed by atoms with Gasteiger partial charge in [-0.05, 0) is 120 Å². The van der Waals surface area contributed by atoms with E-state index < -0.39 is 145 Å². The van der Waals surface area contributed by atoms with Gasteiger partial charge in [0.1, 0.15) is 61.7 Å². The SMILES string of the molecule is CO[C@H]1C[C@@H]2CC[C@@H](C)[C@@](O)(O2)C(=O)C(=O)N2CCCC[C@H]2C(=O)O[C@H]([C@H](C)C[C@@H]2CC[C@@H](OCCOC(=O)OCCSSC[C@@H](C)NC(=O)[C@@H](C)CCC(=O)NC[C@H](O)[C@@H](O)[C@H](O)[C@H](O)CO)[C@H](OC)C2)CC(=O)[C@H](C)/C=C(\C)[C@@H](O)[C@@H](O)C(=O)[C@H](C)C[C@H](C)/C=C/C=C/C=C/1C. The normalized spacial score (nSPS) is 32.6. The smallest absolute Gasteiger partial charge is 0.460 e. The van der Waals surface area contributed by atoms with Crippen LogP contribution in [0.1, 0.15) is 152 Å². The van der Waals surface area contributed by atoms with E-state index in [1.54, 1.807) is 41.9 Å². The second kappa shape index (κ2) is 43.3. The Morgan fingerprint density at radius 3 is 2.19 bits per heavy atom. The van der Waals surface area contributed by atoms with Crippen molar-refractivity contribution in [2.75, 3.05) is 65.2 Å². The van der Waals surface area contributed by atoms with Crippen molar-refractivity contribution in [3.8, 4) is 0 Å². The van der Waals surface area contributed by atoms with E-state index in [1.807, 2.05) is 58.1 Å². The number of aliphatic hydroxyl groups excluding tert-OH is 7. The molecule has 98 heavy (non-hydrogen) atoms. The predicted molar refractivity (Wildman–Crippen MR) is 366 cm³/mol. The first-order valence-corrected chi connectivity index (χ1v) is 37.1. The van der Waals surface area contributed by atoms with Gasteiger partial charge in [0.2, 0.25) is 17.6 Å². The number of hydrogen-bond acceptors (Lipinski definition) is 25. The van der Waals surface area contributed by atoms with Crippen molar-refractivity contribution in [1.82, 2.24) is 15.5 Å². The number of hydrogen-bond donors (Lipinski definition) is 10. The van der Waals surface area contributed by atoms with Crippen molar-refractivity contribution in [1.29, 1.82) is 0 Å². The van der Waals surface area contributed by atoms with Crippen molar-refractivity contribution in [3.63, 3.8) is 0 Å². The quantitative estimate of drug-likeness (QED) is 0.0186. The minimum absolute atomic E-state index is 0.000631. The number of rotatable bonds is 26. The van der Waals surface area contributed by atoms with Crippen LogP contribution in [0.15, 0.2) is 47.6 Å². The fraction of sp³-hybridized carbons (Fsp3) is 0.771. The molecule has 26 nitrogen and oxygen atoms in total. The Bertz CT molecular complexity index is 2680. The van der Waals surface area contributed by atoms with Crippen LogP contribution in [0.2, 0.25) is 0 Å². The maximum Gasteiger partial charge on any atom is 0.508 e. The molecule has 21 atom stereocenters. The largest absolute Gasteiger partial charge is 0.508 e. The Morgan fingerprint density at radius 2 is 1.50 bits per heavy atom. The highest BCUT2D eigenvalue weighted by molar-refractivity contribution is 8.76. The maximum atomic E-state index is 14.7. The van der Waals surface area contributed by atoms with E-state index in [9.17, 15) is 74.1 Å². The Hall–Kier alpha value is -4.66. The molecule has 2 bridgehead atoms. The molecule has 4 rings (SSSR count). The van der Waals surface area contributed by atoms with E-state index in [4.69, 9.17) is 38.3 Å². The van der Waals surface area contributed by atoms with Crippen LogP contribution >= 0.6 is 21.6 Å². The molecule has 28 heteroatoms. The third kappa shape index (κ3) is 27.3. The van der Waals surface area contributed by atoms with Crippen LogP contribution in [0.4, 0.5) is 4.79 Å². The molecule has 558 valence electrons. The van der Waals surface area contributed by atoms with Crippen molar-refractivity contribution in [3.05, 3.63) is 47.6 Å². The molecule has 2 saturated heterocycles. The van der Waals surface area contributed by atoms with E-state index in [0.717, 1.165) is 10.5 Å². The lowest BCUT2D eigenvalue weighted by Gasteiger charge is -2.42. The van der Waals surface area contributed by atoms with Gasteiger partial charge in [-0.1, -0.05) is 99.6 Å². The Labute approximate surface area is 585 Å². The monoisotopic (exact) mass is 1430 g/mol. The second-order valence-electron chi connectivity index (χ2n) is 27.2. The van der Waals surface area contributed by atoms with Crippen LogP contribution in [-0.2, 0) is 66.7 Å². The molecule has 0 radical (unpaired) electrons. The number of fused-ring (bicyclic) bond motifs is 3. The third-order valence-electron chi connectivity index (χ3n) is 19.1. The lowest BCUT2D eigenvalue weighted by Crippen LogP contribution is -2.61. The topological polar surface area (TPSA) is 390 Å². The van der Waals surface area contributed by atoms with Crippen LogP contribution in [0.25, 0.3) is 0 Å². The lowest BCUT2D eigenvalue weighted by atomic mass is 9.78.